The van der Waals surface area contributed by atoms with Crippen molar-refractivity contribution in [2.24, 2.45) is 0 Å². The van der Waals surface area contributed by atoms with Crippen LogP contribution in [0.3, 0.4) is 0 Å². The second-order valence-electron chi connectivity index (χ2n) is 14.9. The molecule has 1 aliphatic carbocycles. The average molecular weight is 694 g/mol. The molecule has 0 saturated heterocycles. The molecule has 0 saturated carbocycles. The molecule has 0 amide bonds. The fourth-order valence-corrected chi connectivity index (χ4v) is 8.79. The van der Waals surface area contributed by atoms with Gasteiger partial charge in [-0.15, -0.1) is 0 Å². The summed E-state index contributed by atoms with van der Waals surface area (Å²) in [5.74, 6) is 0. The van der Waals surface area contributed by atoms with Gasteiger partial charge in [0.05, 0.1) is 5.69 Å². The molecule has 2 aromatic heterocycles. The maximum Gasteiger partial charge on any atom is 0.159 e. The van der Waals surface area contributed by atoms with Crippen LogP contribution in [0.2, 0.25) is 0 Å². The predicted octanol–water partition coefficient (Wildman–Crippen LogP) is 14.6. The highest BCUT2D eigenvalue weighted by Gasteiger charge is 2.36. The third-order valence-corrected chi connectivity index (χ3v) is 11.5. The molecular formula is C51H35NO2. The summed E-state index contributed by atoms with van der Waals surface area (Å²) in [6.07, 6.45) is 0. The van der Waals surface area contributed by atoms with Crippen molar-refractivity contribution in [3.8, 4) is 33.4 Å². The van der Waals surface area contributed by atoms with Gasteiger partial charge in [0.1, 0.15) is 16.7 Å². The number of rotatable bonds is 5. The van der Waals surface area contributed by atoms with Crippen LogP contribution in [-0.4, -0.2) is 0 Å². The van der Waals surface area contributed by atoms with E-state index in [1.54, 1.807) is 0 Å². The molecule has 3 nitrogen and oxygen atoms in total. The first-order valence-electron chi connectivity index (χ1n) is 18.6. The zero-order valence-corrected chi connectivity index (χ0v) is 30.0. The Labute approximate surface area is 313 Å². The molecule has 0 radical (unpaired) electrons. The Morgan fingerprint density at radius 3 is 1.69 bits per heavy atom. The normalized spacial score (nSPS) is 13.1. The van der Waals surface area contributed by atoms with Gasteiger partial charge in [0.15, 0.2) is 5.58 Å². The molecule has 1 aliphatic rings. The monoisotopic (exact) mass is 693 g/mol. The average Bonchev–Trinajstić information content (AvgIpc) is 3.85. The summed E-state index contributed by atoms with van der Waals surface area (Å²) in [6.45, 7) is 4.67. The topological polar surface area (TPSA) is 29.5 Å². The van der Waals surface area contributed by atoms with E-state index < -0.39 is 0 Å². The molecule has 0 bridgehead atoms. The summed E-state index contributed by atoms with van der Waals surface area (Å²) in [4.78, 5) is 2.35. The van der Waals surface area contributed by atoms with Crippen LogP contribution in [0.4, 0.5) is 17.1 Å². The van der Waals surface area contributed by atoms with Crippen molar-refractivity contribution < 1.29 is 8.83 Å². The maximum atomic E-state index is 6.94. The van der Waals surface area contributed by atoms with E-state index in [2.05, 4.69) is 189 Å². The Morgan fingerprint density at radius 2 is 0.944 bits per heavy atom. The molecule has 8 aromatic carbocycles. The first kappa shape index (κ1) is 30.8. The van der Waals surface area contributed by atoms with E-state index in [0.717, 1.165) is 72.1 Å². The number of anilines is 3. The van der Waals surface area contributed by atoms with E-state index in [9.17, 15) is 0 Å². The number of fused-ring (bicyclic) bond motifs is 9. The quantitative estimate of drug-likeness (QED) is 0.180. The van der Waals surface area contributed by atoms with Gasteiger partial charge in [-0.3, -0.25) is 0 Å². The first-order chi connectivity index (χ1) is 26.5. The molecule has 256 valence electrons. The molecular weight excluding hydrogens is 659 g/mol. The number of furan rings is 2. The molecule has 54 heavy (non-hydrogen) atoms. The summed E-state index contributed by atoms with van der Waals surface area (Å²) in [5.41, 5.74) is 16.3. The largest absolute Gasteiger partial charge is 0.455 e. The van der Waals surface area contributed by atoms with Crippen molar-refractivity contribution in [3.63, 3.8) is 0 Å². The number of benzene rings is 8. The number of hydrogen-bond donors (Lipinski definition) is 0. The second-order valence-corrected chi connectivity index (χ2v) is 14.9. The van der Waals surface area contributed by atoms with Crippen LogP contribution in [0, 0.1) is 0 Å². The first-order valence-corrected chi connectivity index (χ1v) is 18.6. The molecule has 3 heteroatoms. The fourth-order valence-electron chi connectivity index (χ4n) is 8.79. The summed E-state index contributed by atoms with van der Waals surface area (Å²) < 4.78 is 13.6. The Kier molecular flexibility index (Phi) is 6.60. The van der Waals surface area contributed by atoms with Gasteiger partial charge in [0.25, 0.3) is 0 Å². The van der Waals surface area contributed by atoms with Gasteiger partial charge in [-0.25, -0.2) is 0 Å². The van der Waals surface area contributed by atoms with Crippen LogP contribution in [0.15, 0.2) is 185 Å². The summed E-state index contributed by atoms with van der Waals surface area (Å²) in [5, 5.41) is 4.21. The number of hydrogen-bond acceptors (Lipinski definition) is 3. The van der Waals surface area contributed by atoms with Gasteiger partial charge >= 0.3 is 0 Å². The fraction of sp³-hybridized carbons (Fsp3) is 0.0588. The van der Waals surface area contributed by atoms with Crippen molar-refractivity contribution in [2.45, 2.75) is 19.3 Å². The predicted molar refractivity (Wildman–Crippen MR) is 224 cm³/mol. The Balaban J connectivity index is 1.11. The standard InChI is InChI=1S/C51H35NO2/c1-51(2)44-21-10-9-17-38(44)39-28-27-36(29-45(39)51)52(35-25-23-33(24-26-35)32-13-5-3-6-14-32)46-22-12-20-41-43-31-47-42(30-48(43)54-50(41)46)40-19-11-18-37(49(40)53-47)34-15-7-4-8-16-34/h3-31H,1-2H3. The summed E-state index contributed by atoms with van der Waals surface area (Å²) in [7, 11) is 0. The highest BCUT2D eigenvalue weighted by Crippen LogP contribution is 2.51. The van der Waals surface area contributed by atoms with Crippen LogP contribution < -0.4 is 4.90 Å². The van der Waals surface area contributed by atoms with E-state index in [1.807, 2.05) is 6.07 Å². The summed E-state index contributed by atoms with van der Waals surface area (Å²) in [6, 6.07) is 62.8. The Bertz CT molecular complexity index is 3060. The highest BCUT2D eigenvalue weighted by molar-refractivity contribution is 6.18. The minimum absolute atomic E-state index is 0.132. The van der Waals surface area contributed by atoms with Crippen molar-refractivity contribution in [1.82, 2.24) is 0 Å². The van der Waals surface area contributed by atoms with Gasteiger partial charge in [-0.2, -0.15) is 0 Å². The lowest BCUT2D eigenvalue weighted by molar-refractivity contribution is 0.660. The molecule has 0 N–H and O–H groups in total. The van der Waals surface area contributed by atoms with Crippen LogP contribution >= 0.6 is 0 Å². The van der Waals surface area contributed by atoms with Crippen molar-refractivity contribution in [2.75, 3.05) is 4.90 Å². The van der Waals surface area contributed by atoms with E-state index in [0.29, 0.717) is 0 Å². The zero-order valence-electron chi connectivity index (χ0n) is 30.0. The third-order valence-electron chi connectivity index (χ3n) is 11.5. The van der Waals surface area contributed by atoms with Crippen LogP contribution in [0.1, 0.15) is 25.0 Å². The molecule has 0 aliphatic heterocycles. The van der Waals surface area contributed by atoms with Gasteiger partial charge in [-0.05, 0) is 81.4 Å². The van der Waals surface area contributed by atoms with Crippen molar-refractivity contribution in [3.05, 3.63) is 187 Å². The van der Waals surface area contributed by atoms with E-state index in [4.69, 9.17) is 8.83 Å². The SMILES string of the molecule is CC1(C)c2ccccc2-c2ccc(N(c3ccc(-c4ccccc4)cc3)c3cccc4c3oc3cc5c(cc34)oc3c(-c4ccccc4)cccc35)cc21. The molecule has 11 rings (SSSR count). The van der Waals surface area contributed by atoms with Crippen LogP contribution in [0.25, 0.3) is 77.3 Å². The minimum atomic E-state index is -0.132. The van der Waals surface area contributed by atoms with Crippen LogP contribution in [-0.2, 0) is 5.41 Å². The number of nitrogens with zero attached hydrogens (tertiary/aromatic N) is 1. The van der Waals surface area contributed by atoms with Gasteiger partial charge in [-0.1, -0.05) is 147 Å². The Hall–Kier alpha value is -6.84. The molecule has 0 unspecified atom stereocenters. The third kappa shape index (κ3) is 4.55. The molecule has 2 heterocycles. The van der Waals surface area contributed by atoms with Crippen molar-refractivity contribution in [1.29, 1.82) is 0 Å². The van der Waals surface area contributed by atoms with E-state index in [-0.39, 0.29) is 5.41 Å². The molecule has 10 aromatic rings. The van der Waals surface area contributed by atoms with Gasteiger partial charge in [0, 0.05) is 43.9 Å². The second kappa shape index (κ2) is 11.6. The van der Waals surface area contributed by atoms with Crippen molar-refractivity contribution >= 4 is 60.9 Å². The summed E-state index contributed by atoms with van der Waals surface area (Å²) >= 11 is 0. The lowest BCUT2D eigenvalue weighted by Gasteiger charge is -2.28. The van der Waals surface area contributed by atoms with E-state index >= 15 is 0 Å². The molecule has 0 fully saturated rings. The van der Waals surface area contributed by atoms with E-state index in [1.165, 1.54) is 33.4 Å². The molecule has 0 spiro atoms. The molecule has 0 atom stereocenters. The van der Waals surface area contributed by atoms with Gasteiger partial charge in [0.2, 0.25) is 0 Å². The minimum Gasteiger partial charge on any atom is -0.455 e. The number of para-hydroxylation sites is 2. The lowest BCUT2D eigenvalue weighted by atomic mass is 9.82. The maximum absolute atomic E-state index is 6.94. The van der Waals surface area contributed by atoms with Gasteiger partial charge < -0.3 is 13.7 Å². The Morgan fingerprint density at radius 1 is 0.389 bits per heavy atom. The highest BCUT2D eigenvalue weighted by atomic mass is 16.3. The lowest BCUT2D eigenvalue weighted by Crippen LogP contribution is -2.16. The zero-order chi connectivity index (χ0) is 36.0. The smallest absolute Gasteiger partial charge is 0.159 e. The van der Waals surface area contributed by atoms with Crippen LogP contribution in [0.5, 0.6) is 0 Å².